The number of halogens is 1. The predicted octanol–water partition coefficient (Wildman–Crippen LogP) is 4.15. The largest absolute Gasteiger partial charge is 0.497 e. The molecular weight excluding hydrogens is 332 g/mol. The molecule has 0 saturated heterocycles. The molecule has 3 rings (SSSR count). The number of aromatic amines is 1. The van der Waals surface area contributed by atoms with Gasteiger partial charge < -0.3 is 4.74 Å². The Hall–Kier alpha value is -2.44. The Morgan fingerprint density at radius 2 is 2.09 bits per heavy atom. The third-order valence-corrected chi connectivity index (χ3v) is 3.65. The van der Waals surface area contributed by atoms with Crippen molar-refractivity contribution in [3.63, 3.8) is 0 Å². The number of rotatable bonds is 4. The van der Waals surface area contributed by atoms with Gasteiger partial charge in [0.1, 0.15) is 5.75 Å². The normalized spacial score (nSPS) is 11.0. The predicted molar refractivity (Wildman–Crippen MR) is 93.8 cm³/mol. The second-order valence-corrected chi connectivity index (χ2v) is 5.52. The molecule has 3 aromatic rings. The lowest BCUT2D eigenvalue weighted by atomic mass is 10.2. The van der Waals surface area contributed by atoms with Crippen molar-refractivity contribution in [3.8, 4) is 17.1 Å². The molecule has 0 radical (unpaired) electrons. The van der Waals surface area contributed by atoms with Gasteiger partial charge in [-0.15, -0.1) is 0 Å². The van der Waals surface area contributed by atoms with Crippen LogP contribution >= 0.6 is 23.8 Å². The maximum Gasteiger partial charge on any atom is 0.216 e. The van der Waals surface area contributed by atoms with E-state index in [2.05, 4.69) is 15.3 Å². The standard InChI is InChI=1S/C16H13ClN4OS/c1-22-14-7-2-4-11(8-14)10-18-21-15(19-20-16(21)23)12-5-3-6-13(17)9-12/h2-10H,1H3,(H,20,23). The summed E-state index contributed by atoms with van der Waals surface area (Å²) in [7, 11) is 1.62. The van der Waals surface area contributed by atoms with Crippen molar-refractivity contribution in [1.82, 2.24) is 14.9 Å². The van der Waals surface area contributed by atoms with E-state index in [4.69, 9.17) is 28.6 Å². The average molecular weight is 345 g/mol. The van der Waals surface area contributed by atoms with E-state index >= 15 is 0 Å². The summed E-state index contributed by atoms with van der Waals surface area (Å²) in [5.74, 6) is 1.36. The molecule has 0 amide bonds. The first-order valence-corrected chi connectivity index (χ1v) is 7.58. The van der Waals surface area contributed by atoms with Crippen LogP contribution in [0.2, 0.25) is 5.02 Å². The minimum absolute atomic E-state index is 0.402. The molecule has 0 unspecified atom stereocenters. The fraction of sp³-hybridized carbons (Fsp3) is 0.0625. The molecule has 2 aromatic carbocycles. The van der Waals surface area contributed by atoms with E-state index in [9.17, 15) is 0 Å². The number of nitrogens with zero attached hydrogens (tertiary/aromatic N) is 3. The Morgan fingerprint density at radius 3 is 2.87 bits per heavy atom. The van der Waals surface area contributed by atoms with Crippen LogP contribution in [-0.4, -0.2) is 28.2 Å². The number of hydrogen-bond acceptors (Lipinski definition) is 4. The van der Waals surface area contributed by atoms with Gasteiger partial charge in [0.15, 0.2) is 5.82 Å². The van der Waals surface area contributed by atoms with Gasteiger partial charge in [0, 0.05) is 10.6 Å². The third kappa shape index (κ3) is 3.49. The number of nitrogens with one attached hydrogen (secondary N) is 1. The Labute approximate surface area is 143 Å². The van der Waals surface area contributed by atoms with Crippen LogP contribution in [0.5, 0.6) is 5.75 Å². The second-order valence-electron chi connectivity index (χ2n) is 4.70. The molecule has 1 heterocycles. The fourth-order valence-electron chi connectivity index (χ4n) is 2.06. The molecule has 0 aliphatic carbocycles. The maximum atomic E-state index is 6.03. The van der Waals surface area contributed by atoms with Crippen LogP contribution in [0.25, 0.3) is 11.4 Å². The van der Waals surface area contributed by atoms with Gasteiger partial charge in [0.05, 0.1) is 13.3 Å². The van der Waals surface area contributed by atoms with Crippen LogP contribution in [0.15, 0.2) is 53.6 Å². The van der Waals surface area contributed by atoms with Crippen molar-refractivity contribution >= 4 is 30.0 Å². The fourth-order valence-corrected chi connectivity index (χ4v) is 2.43. The summed E-state index contributed by atoms with van der Waals surface area (Å²) >= 11 is 11.3. The van der Waals surface area contributed by atoms with E-state index in [-0.39, 0.29) is 0 Å². The number of ether oxygens (including phenoxy) is 1. The molecule has 116 valence electrons. The molecule has 0 aliphatic heterocycles. The third-order valence-electron chi connectivity index (χ3n) is 3.15. The summed E-state index contributed by atoms with van der Waals surface area (Å²) in [6.07, 6.45) is 1.70. The van der Waals surface area contributed by atoms with Crippen LogP contribution in [0, 0.1) is 4.77 Å². The van der Waals surface area contributed by atoms with Gasteiger partial charge in [0.25, 0.3) is 0 Å². The van der Waals surface area contributed by atoms with E-state index in [1.54, 1.807) is 24.1 Å². The molecule has 0 fully saturated rings. The average Bonchev–Trinajstić information content (AvgIpc) is 2.94. The summed E-state index contributed by atoms with van der Waals surface area (Å²) in [5, 5.41) is 12.0. The van der Waals surface area contributed by atoms with Crippen molar-refractivity contribution in [2.75, 3.05) is 7.11 Å². The van der Waals surface area contributed by atoms with E-state index in [0.717, 1.165) is 16.9 Å². The molecule has 7 heteroatoms. The quantitative estimate of drug-likeness (QED) is 0.571. The smallest absolute Gasteiger partial charge is 0.216 e. The van der Waals surface area contributed by atoms with Crippen molar-refractivity contribution in [3.05, 3.63) is 63.9 Å². The molecule has 0 bridgehead atoms. The zero-order valence-electron chi connectivity index (χ0n) is 12.2. The lowest BCUT2D eigenvalue weighted by Crippen LogP contribution is -1.95. The molecular formula is C16H13ClN4OS. The summed E-state index contributed by atoms with van der Waals surface area (Å²) < 4.78 is 7.16. The van der Waals surface area contributed by atoms with Crippen LogP contribution in [0.4, 0.5) is 0 Å². The highest BCUT2D eigenvalue weighted by molar-refractivity contribution is 7.71. The Kier molecular flexibility index (Phi) is 4.55. The van der Waals surface area contributed by atoms with E-state index in [1.807, 2.05) is 42.5 Å². The molecule has 0 atom stereocenters. The minimum Gasteiger partial charge on any atom is -0.497 e. The molecule has 0 saturated carbocycles. The van der Waals surface area contributed by atoms with Crippen LogP contribution in [-0.2, 0) is 0 Å². The lowest BCUT2D eigenvalue weighted by Gasteiger charge is -2.02. The first kappa shape index (κ1) is 15.5. The highest BCUT2D eigenvalue weighted by atomic mass is 35.5. The van der Waals surface area contributed by atoms with Gasteiger partial charge in [-0.05, 0) is 42.0 Å². The number of benzene rings is 2. The Morgan fingerprint density at radius 1 is 1.26 bits per heavy atom. The number of H-pyrrole nitrogens is 1. The van der Waals surface area contributed by atoms with E-state index < -0.39 is 0 Å². The summed E-state index contributed by atoms with van der Waals surface area (Å²) in [6, 6.07) is 14.9. The Bertz CT molecular complexity index is 916. The lowest BCUT2D eigenvalue weighted by molar-refractivity contribution is 0.415. The highest BCUT2D eigenvalue weighted by Gasteiger charge is 2.08. The molecule has 1 N–H and O–H groups in total. The van der Waals surface area contributed by atoms with Crippen molar-refractivity contribution in [1.29, 1.82) is 0 Å². The number of aromatic nitrogens is 3. The topological polar surface area (TPSA) is 55.2 Å². The highest BCUT2D eigenvalue weighted by Crippen LogP contribution is 2.21. The van der Waals surface area contributed by atoms with Crippen molar-refractivity contribution in [2.45, 2.75) is 0 Å². The second kappa shape index (κ2) is 6.76. The SMILES string of the molecule is COc1cccc(C=Nn2c(-c3cccc(Cl)c3)n[nH]c2=S)c1. The monoisotopic (exact) mass is 344 g/mol. The number of hydrogen-bond donors (Lipinski definition) is 1. The van der Waals surface area contributed by atoms with Gasteiger partial charge in [-0.3, -0.25) is 0 Å². The maximum absolute atomic E-state index is 6.03. The summed E-state index contributed by atoms with van der Waals surface area (Å²) in [4.78, 5) is 0. The van der Waals surface area contributed by atoms with Crippen LogP contribution in [0.1, 0.15) is 5.56 Å². The van der Waals surface area contributed by atoms with Gasteiger partial charge in [0.2, 0.25) is 4.77 Å². The molecule has 1 aromatic heterocycles. The van der Waals surface area contributed by atoms with Crippen molar-refractivity contribution in [2.24, 2.45) is 5.10 Å². The number of methoxy groups -OCH3 is 1. The summed E-state index contributed by atoms with van der Waals surface area (Å²) in [5.41, 5.74) is 1.72. The first-order chi connectivity index (χ1) is 11.2. The minimum atomic E-state index is 0.402. The van der Waals surface area contributed by atoms with Gasteiger partial charge >= 0.3 is 0 Å². The zero-order valence-corrected chi connectivity index (χ0v) is 13.8. The van der Waals surface area contributed by atoms with Gasteiger partial charge in [-0.2, -0.15) is 14.9 Å². The molecule has 5 nitrogen and oxygen atoms in total. The van der Waals surface area contributed by atoms with Crippen molar-refractivity contribution < 1.29 is 4.74 Å². The molecule has 0 spiro atoms. The van der Waals surface area contributed by atoms with Crippen LogP contribution in [0.3, 0.4) is 0 Å². The van der Waals surface area contributed by atoms with Gasteiger partial charge in [-0.25, -0.2) is 5.10 Å². The first-order valence-electron chi connectivity index (χ1n) is 6.79. The van der Waals surface area contributed by atoms with E-state index in [1.165, 1.54) is 0 Å². The molecule has 23 heavy (non-hydrogen) atoms. The van der Waals surface area contributed by atoms with E-state index in [0.29, 0.717) is 15.6 Å². The van der Waals surface area contributed by atoms with Crippen LogP contribution < -0.4 is 4.74 Å². The summed E-state index contributed by atoms with van der Waals surface area (Å²) in [6.45, 7) is 0. The Balaban J connectivity index is 1.99. The zero-order chi connectivity index (χ0) is 16.2. The van der Waals surface area contributed by atoms with Gasteiger partial charge in [-0.1, -0.05) is 35.9 Å². The molecule has 0 aliphatic rings.